The molecule has 19 heavy (non-hydrogen) atoms. The highest BCUT2D eigenvalue weighted by atomic mass is 32.1. The van der Waals surface area contributed by atoms with E-state index in [1.807, 2.05) is 17.5 Å². The molecule has 0 saturated carbocycles. The van der Waals surface area contributed by atoms with Gasteiger partial charge in [-0.25, -0.2) is 4.79 Å². The van der Waals surface area contributed by atoms with Crippen molar-refractivity contribution in [2.45, 2.75) is 39.3 Å². The van der Waals surface area contributed by atoms with Crippen molar-refractivity contribution < 1.29 is 9.90 Å². The van der Waals surface area contributed by atoms with Crippen molar-refractivity contribution in [2.75, 3.05) is 13.6 Å². The third-order valence-corrected chi connectivity index (χ3v) is 3.76. The Morgan fingerprint density at radius 2 is 2.16 bits per heavy atom. The first-order valence-corrected chi connectivity index (χ1v) is 7.51. The molecule has 1 rings (SSSR count). The summed E-state index contributed by atoms with van der Waals surface area (Å²) in [6.45, 7) is 6.30. The van der Waals surface area contributed by atoms with Crippen LogP contribution in [0.2, 0.25) is 0 Å². The fraction of sp³-hybridized carbons (Fsp3) is 0.643. The average Bonchev–Trinajstić information content (AvgIpc) is 2.79. The van der Waals surface area contributed by atoms with Crippen LogP contribution in [-0.2, 0) is 0 Å². The molecule has 0 saturated heterocycles. The van der Waals surface area contributed by atoms with E-state index >= 15 is 0 Å². The Morgan fingerprint density at radius 1 is 1.47 bits per heavy atom. The normalized spacial score (nSPS) is 14.2. The highest BCUT2D eigenvalue weighted by Gasteiger charge is 2.19. The van der Waals surface area contributed by atoms with Crippen LogP contribution in [0.3, 0.4) is 0 Å². The topological polar surface area (TPSA) is 52.6 Å². The van der Waals surface area contributed by atoms with Gasteiger partial charge in [-0.2, -0.15) is 0 Å². The second-order valence-corrected chi connectivity index (χ2v) is 6.36. The van der Waals surface area contributed by atoms with Gasteiger partial charge in [-0.3, -0.25) is 0 Å². The molecule has 1 aromatic heterocycles. The van der Waals surface area contributed by atoms with Gasteiger partial charge in [-0.1, -0.05) is 19.9 Å². The minimum Gasteiger partial charge on any atom is -0.392 e. The Kier molecular flexibility index (Phi) is 6.31. The third-order valence-electron chi connectivity index (χ3n) is 2.78. The van der Waals surface area contributed by atoms with Crippen LogP contribution in [-0.4, -0.2) is 35.7 Å². The highest BCUT2D eigenvalue weighted by Crippen LogP contribution is 2.25. The van der Waals surface area contributed by atoms with Crippen LogP contribution in [0.25, 0.3) is 0 Å². The molecule has 0 fully saturated rings. The molecule has 2 unspecified atom stereocenters. The van der Waals surface area contributed by atoms with Gasteiger partial charge in [-0.05, 0) is 30.7 Å². The number of aliphatic hydroxyl groups is 1. The maximum absolute atomic E-state index is 12.1. The predicted octanol–water partition coefficient (Wildman–Crippen LogP) is 2.86. The molecule has 4 nitrogen and oxygen atoms in total. The maximum Gasteiger partial charge on any atom is 0.317 e. The van der Waals surface area contributed by atoms with Crippen molar-refractivity contribution in [1.82, 2.24) is 10.2 Å². The fourth-order valence-electron chi connectivity index (χ4n) is 1.95. The largest absolute Gasteiger partial charge is 0.392 e. The van der Waals surface area contributed by atoms with Gasteiger partial charge in [0.15, 0.2) is 0 Å². The molecular weight excluding hydrogens is 260 g/mol. The molecule has 108 valence electrons. The molecule has 0 aliphatic carbocycles. The number of carbonyl (C=O) groups is 1. The van der Waals surface area contributed by atoms with Crippen molar-refractivity contribution in [3.63, 3.8) is 0 Å². The van der Waals surface area contributed by atoms with E-state index in [0.29, 0.717) is 12.5 Å². The van der Waals surface area contributed by atoms with Gasteiger partial charge < -0.3 is 15.3 Å². The van der Waals surface area contributed by atoms with Gasteiger partial charge in [0.1, 0.15) is 0 Å². The van der Waals surface area contributed by atoms with Crippen LogP contribution in [0.5, 0.6) is 0 Å². The molecule has 0 aliphatic rings. The summed E-state index contributed by atoms with van der Waals surface area (Å²) >= 11 is 1.66. The van der Waals surface area contributed by atoms with Crippen LogP contribution < -0.4 is 5.32 Å². The summed E-state index contributed by atoms with van der Waals surface area (Å²) in [5, 5.41) is 14.4. The molecular formula is C14H24N2O2S. The molecule has 0 radical (unpaired) electrons. The summed E-state index contributed by atoms with van der Waals surface area (Å²) in [5.41, 5.74) is 0. The van der Waals surface area contributed by atoms with Gasteiger partial charge in [0.05, 0.1) is 12.1 Å². The van der Waals surface area contributed by atoms with Gasteiger partial charge in [-0.15, -0.1) is 11.3 Å². The molecule has 2 N–H and O–H groups in total. The molecule has 2 atom stereocenters. The monoisotopic (exact) mass is 284 g/mol. The first-order chi connectivity index (χ1) is 8.90. The number of hydrogen-bond acceptors (Lipinski definition) is 3. The highest BCUT2D eigenvalue weighted by molar-refractivity contribution is 7.10. The maximum atomic E-state index is 12.1. The zero-order valence-corrected chi connectivity index (χ0v) is 12.9. The average molecular weight is 284 g/mol. The number of aliphatic hydroxyl groups excluding tert-OH is 1. The van der Waals surface area contributed by atoms with E-state index in [1.165, 1.54) is 9.78 Å². The number of amides is 2. The number of nitrogens with one attached hydrogen (secondary N) is 1. The summed E-state index contributed by atoms with van der Waals surface area (Å²) < 4.78 is 0. The number of nitrogens with zero attached hydrogens (tertiary/aromatic N) is 1. The molecule has 2 amide bonds. The van der Waals surface area contributed by atoms with Crippen molar-refractivity contribution in [3.8, 4) is 0 Å². The van der Waals surface area contributed by atoms with Crippen LogP contribution in [0, 0.1) is 5.92 Å². The summed E-state index contributed by atoms with van der Waals surface area (Å²) in [7, 11) is 1.70. The van der Waals surface area contributed by atoms with Crippen molar-refractivity contribution >= 4 is 17.4 Å². The molecule has 1 aromatic rings. The van der Waals surface area contributed by atoms with Crippen LogP contribution in [0.4, 0.5) is 4.79 Å². The number of carbonyl (C=O) groups excluding carboxylic acids is 1. The van der Waals surface area contributed by atoms with E-state index < -0.39 is 6.10 Å². The molecule has 0 spiro atoms. The standard InChI is InChI=1S/C14H24N2O2S/c1-10(2)8-12(13-6-5-7-19-13)15-14(18)16(4)9-11(3)17/h5-7,10-12,17H,8-9H2,1-4H3,(H,15,18). The number of thiophene rings is 1. The van der Waals surface area contributed by atoms with E-state index in [0.717, 1.165) is 6.42 Å². The number of hydrogen-bond donors (Lipinski definition) is 2. The lowest BCUT2D eigenvalue weighted by atomic mass is 10.0. The lowest BCUT2D eigenvalue weighted by Crippen LogP contribution is -2.42. The van der Waals surface area contributed by atoms with Crippen LogP contribution >= 0.6 is 11.3 Å². The Hall–Kier alpha value is -1.07. The Bertz CT molecular complexity index is 377. The lowest BCUT2D eigenvalue weighted by molar-refractivity contribution is 0.142. The first kappa shape index (κ1) is 16.0. The quantitative estimate of drug-likeness (QED) is 0.844. The third kappa shape index (κ3) is 5.61. The number of rotatable bonds is 6. The van der Waals surface area contributed by atoms with Crippen molar-refractivity contribution in [2.24, 2.45) is 5.92 Å². The van der Waals surface area contributed by atoms with E-state index in [9.17, 15) is 9.90 Å². The van der Waals surface area contributed by atoms with E-state index in [4.69, 9.17) is 0 Å². The zero-order valence-electron chi connectivity index (χ0n) is 12.1. The predicted molar refractivity (Wildman–Crippen MR) is 79.4 cm³/mol. The summed E-state index contributed by atoms with van der Waals surface area (Å²) in [6, 6.07) is 3.95. The molecule has 0 aromatic carbocycles. The minimum absolute atomic E-state index is 0.0453. The van der Waals surface area contributed by atoms with Crippen LogP contribution in [0.15, 0.2) is 17.5 Å². The number of likely N-dealkylation sites (N-methyl/N-ethyl adjacent to an activating group) is 1. The van der Waals surface area contributed by atoms with E-state index in [2.05, 4.69) is 19.2 Å². The van der Waals surface area contributed by atoms with Crippen LogP contribution in [0.1, 0.15) is 38.1 Å². The minimum atomic E-state index is -0.513. The van der Waals surface area contributed by atoms with Crippen molar-refractivity contribution in [3.05, 3.63) is 22.4 Å². The molecule has 1 heterocycles. The summed E-state index contributed by atoms with van der Waals surface area (Å²) in [5.74, 6) is 0.509. The number of urea groups is 1. The van der Waals surface area contributed by atoms with Gasteiger partial charge in [0.2, 0.25) is 0 Å². The zero-order chi connectivity index (χ0) is 14.4. The van der Waals surface area contributed by atoms with E-state index in [-0.39, 0.29) is 12.1 Å². The van der Waals surface area contributed by atoms with Gasteiger partial charge >= 0.3 is 6.03 Å². The van der Waals surface area contributed by atoms with Gasteiger partial charge in [0, 0.05) is 18.5 Å². The van der Waals surface area contributed by atoms with Crippen molar-refractivity contribution in [1.29, 1.82) is 0 Å². The first-order valence-electron chi connectivity index (χ1n) is 6.63. The SMILES string of the molecule is CC(C)CC(NC(=O)N(C)CC(C)O)c1cccs1. The Balaban J connectivity index is 2.65. The lowest BCUT2D eigenvalue weighted by Gasteiger charge is -2.25. The molecule has 5 heteroatoms. The molecule has 0 aliphatic heterocycles. The summed E-state index contributed by atoms with van der Waals surface area (Å²) in [4.78, 5) is 14.8. The summed E-state index contributed by atoms with van der Waals surface area (Å²) in [6.07, 6.45) is 0.399. The second kappa shape index (κ2) is 7.50. The molecule has 0 bridgehead atoms. The second-order valence-electron chi connectivity index (χ2n) is 5.38. The van der Waals surface area contributed by atoms with E-state index in [1.54, 1.807) is 25.3 Å². The fourth-order valence-corrected chi connectivity index (χ4v) is 2.74. The smallest absolute Gasteiger partial charge is 0.317 e. The Labute approximate surface area is 119 Å². The van der Waals surface area contributed by atoms with Gasteiger partial charge in [0.25, 0.3) is 0 Å². The Morgan fingerprint density at radius 3 is 2.63 bits per heavy atom.